The first-order valence-electron chi connectivity index (χ1n) is 6.40. The van der Waals surface area contributed by atoms with Gasteiger partial charge in [0.15, 0.2) is 0 Å². The molecule has 4 nitrogen and oxygen atoms in total. The van der Waals surface area contributed by atoms with Gasteiger partial charge in [0.1, 0.15) is 0 Å². The van der Waals surface area contributed by atoms with E-state index in [0.29, 0.717) is 12.5 Å². The first-order chi connectivity index (χ1) is 8.52. The first kappa shape index (κ1) is 14.6. The zero-order chi connectivity index (χ0) is 13.5. The highest BCUT2D eigenvalue weighted by Gasteiger charge is 2.18. The highest BCUT2D eigenvalue weighted by molar-refractivity contribution is 5.66. The molecule has 0 saturated carbocycles. The summed E-state index contributed by atoms with van der Waals surface area (Å²) in [4.78, 5) is 17.0. The number of pyridine rings is 1. The molecule has 1 aromatic rings. The van der Waals surface area contributed by atoms with Crippen molar-refractivity contribution in [3.05, 3.63) is 30.1 Å². The van der Waals surface area contributed by atoms with Crippen molar-refractivity contribution in [3.63, 3.8) is 0 Å². The molecule has 1 unspecified atom stereocenters. The van der Waals surface area contributed by atoms with Gasteiger partial charge in [-0.1, -0.05) is 6.07 Å². The van der Waals surface area contributed by atoms with Gasteiger partial charge in [-0.2, -0.15) is 0 Å². The summed E-state index contributed by atoms with van der Waals surface area (Å²) in [6.07, 6.45) is 4.54. The molecule has 0 spiro atoms. The minimum atomic E-state index is -0.729. The maximum Gasteiger partial charge on any atom is 0.303 e. The van der Waals surface area contributed by atoms with Crippen LogP contribution in [0.1, 0.15) is 45.2 Å². The van der Waals surface area contributed by atoms with Crippen LogP contribution in [0.15, 0.2) is 24.5 Å². The fraction of sp³-hybridized carbons (Fsp3) is 0.571. The second-order valence-corrected chi connectivity index (χ2v) is 4.79. The number of carboxylic acids is 1. The molecule has 1 rings (SSSR count). The van der Waals surface area contributed by atoms with Crippen LogP contribution in [0.2, 0.25) is 0 Å². The van der Waals surface area contributed by atoms with Gasteiger partial charge in [0.25, 0.3) is 0 Å². The number of nitrogens with zero attached hydrogens (tertiary/aromatic N) is 2. The normalized spacial score (nSPS) is 12.9. The zero-order valence-corrected chi connectivity index (χ0v) is 11.3. The van der Waals surface area contributed by atoms with Crippen LogP contribution in [-0.4, -0.2) is 33.5 Å². The van der Waals surface area contributed by atoms with Crippen molar-refractivity contribution < 1.29 is 9.90 Å². The van der Waals surface area contributed by atoms with Crippen molar-refractivity contribution in [1.29, 1.82) is 0 Å². The number of carbonyl (C=O) groups is 1. The van der Waals surface area contributed by atoms with Crippen LogP contribution in [0.4, 0.5) is 0 Å². The fourth-order valence-electron chi connectivity index (χ4n) is 2.13. The topological polar surface area (TPSA) is 53.4 Å². The summed E-state index contributed by atoms with van der Waals surface area (Å²) in [5, 5.41) is 8.69. The lowest BCUT2D eigenvalue weighted by Gasteiger charge is -2.32. The number of rotatable bonds is 7. The first-order valence-corrected chi connectivity index (χ1v) is 6.40. The van der Waals surface area contributed by atoms with Crippen LogP contribution in [0, 0.1) is 0 Å². The molecular weight excluding hydrogens is 228 g/mol. The third kappa shape index (κ3) is 4.45. The summed E-state index contributed by atoms with van der Waals surface area (Å²) in [6.45, 7) is 7.19. The second kappa shape index (κ2) is 7.11. The van der Waals surface area contributed by atoms with E-state index < -0.39 is 5.97 Å². The Morgan fingerprint density at radius 2 is 2.17 bits per heavy atom. The van der Waals surface area contributed by atoms with Gasteiger partial charge in [-0.15, -0.1) is 0 Å². The second-order valence-electron chi connectivity index (χ2n) is 4.79. The molecule has 0 saturated heterocycles. The average Bonchev–Trinajstić information content (AvgIpc) is 2.34. The Balaban J connectivity index is 2.64. The van der Waals surface area contributed by atoms with Gasteiger partial charge >= 0.3 is 5.97 Å². The van der Waals surface area contributed by atoms with E-state index in [-0.39, 0.29) is 12.5 Å². The lowest BCUT2D eigenvalue weighted by Crippen LogP contribution is -2.34. The molecule has 0 aliphatic carbocycles. The average molecular weight is 250 g/mol. The summed E-state index contributed by atoms with van der Waals surface area (Å²) in [6, 6.07) is 4.63. The van der Waals surface area contributed by atoms with Crippen molar-refractivity contribution >= 4 is 5.97 Å². The predicted molar refractivity (Wildman–Crippen MR) is 71.4 cm³/mol. The van der Waals surface area contributed by atoms with Crippen LogP contribution < -0.4 is 0 Å². The lowest BCUT2D eigenvalue weighted by atomic mass is 10.1. The van der Waals surface area contributed by atoms with Crippen LogP contribution >= 0.6 is 0 Å². The molecule has 0 fully saturated rings. The van der Waals surface area contributed by atoms with E-state index in [1.54, 1.807) is 6.20 Å². The van der Waals surface area contributed by atoms with E-state index in [1.165, 1.54) is 5.56 Å². The van der Waals surface area contributed by atoms with E-state index in [0.717, 1.165) is 6.54 Å². The van der Waals surface area contributed by atoms with Crippen LogP contribution in [0.25, 0.3) is 0 Å². The van der Waals surface area contributed by atoms with Crippen molar-refractivity contribution in [3.8, 4) is 0 Å². The molecule has 1 heterocycles. The monoisotopic (exact) mass is 250 g/mol. The summed E-state index contributed by atoms with van der Waals surface area (Å²) in [5.41, 5.74) is 1.17. The molecule has 100 valence electrons. The molecule has 18 heavy (non-hydrogen) atoms. The molecule has 0 bridgehead atoms. The summed E-state index contributed by atoms with van der Waals surface area (Å²) in [5.74, 6) is -0.729. The summed E-state index contributed by atoms with van der Waals surface area (Å²) >= 11 is 0. The Kier molecular flexibility index (Phi) is 5.78. The maximum absolute atomic E-state index is 10.6. The molecule has 1 aromatic heterocycles. The summed E-state index contributed by atoms with van der Waals surface area (Å²) in [7, 11) is 0. The van der Waals surface area contributed by atoms with Crippen LogP contribution in [0.3, 0.4) is 0 Å². The van der Waals surface area contributed by atoms with Crippen molar-refractivity contribution in [1.82, 2.24) is 9.88 Å². The number of aromatic nitrogens is 1. The third-order valence-corrected chi connectivity index (χ3v) is 3.13. The highest BCUT2D eigenvalue weighted by Crippen LogP contribution is 2.22. The molecule has 0 aliphatic rings. The SMILES string of the molecule is CC(C)N(CCCC(=O)O)C(C)c1cccnc1. The standard InChI is InChI=1S/C14H22N2O2/c1-11(2)16(9-5-7-14(17)18)12(3)13-6-4-8-15-10-13/h4,6,8,10-12H,5,7,9H2,1-3H3,(H,17,18). The Labute approximate surface area is 109 Å². The highest BCUT2D eigenvalue weighted by atomic mass is 16.4. The zero-order valence-electron chi connectivity index (χ0n) is 11.3. The Morgan fingerprint density at radius 3 is 2.67 bits per heavy atom. The van der Waals surface area contributed by atoms with E-state index >= 15 is 0 Å². The molecular formula is C14H22N2O2. The smallest absolute Gasteiger partial charge is 0.303 e. The van der Waals surface area contributed by atoms with Crippen molar-refractivity contribution in [2.45, 2.75) is 45.7 Å². The molecule has 4 heteroatoms. The van der Waals surface area contributed by atoms with Gasteiger partial charge in [-0.25, -0.2) is 0 Å². The Morgan fingerprint density at radius 1 is 1.44 bits per heavy atom. The van der Waals surface area contributed by atoms with Gasteiger partial charge in [0, 0.05) is 30.9 Å². The van der Waals surface area contributed by atoms with Crippen LogP contribution in [0.5, 0.6) is 0 Å². The van der Waals surface area contributed by atoms with E-state index in [1.807, 2.05) is 12.3 Å². The van der Waals surface area contributed by atoms with Crippen molar-refractivity contribution in [2.75, 3.05) is 6.54 Å². The largest absolute Gasteiger partial charge is 0.481 e. The fourth-order valence-corrected chi connectivity index (χ4v) is 2.13. The van der Waals surface area contributed by atoms with Gasteiger partial charge < -0.3 is 5.11 Å². The van der Waals surface area contributed by atoms with Gasteiger partial charge in [-0.3, -0.25) is 14.7 Å². The number of hydrogen-bond donors (Lipinski definition) is 1. The van der Waals surface area contributed by atoms with Gasteiger partial charge in [-0.05, 0) is 45.4 Å². The molecule has 1 atom stereocenters. The molecule has 0 radical (unpaired) electrons. The minimum Gasteiger partial charge on any atom is -0.481 e. The Bertz CT molecular complexity index is 365. The van der Waals surface area contributed by atoms with E-state index in [9.17, 15) is 4.79 Å². The maximum atomic E-state index is 10.6. The van der Waals surface area contributed by atoms with Gasteiger partial charge in [0.2, 0.25) is 0 Å². The molecule has 0 aromatic carbocycles. The number of hydrogen-bond acceptors (Lipinski definition) is 3. The molecule has 0 amide bonds. The lowest BCUT2D eigenvalue weighted by molar-refractivity contribution is -0.137. The molecule has 1 N–H and O–H groups in total. The number of carboxylic acid groups (broad SMARTS) is 1. The third-order valence-electron chi connectivity index (χ3n) is 3.13. The number of aliphatic carboxylic acids is 1. The van der Waals surface area contributed by atoms with E-state index in [4.69, 9.17) is 5.11 Å². The minimum absolute atomic E-state index is 0.225. The quantitative estimate of drug-likeness (QED) is 0.808. The van der Waals surface area contributed by atoms with Gasteiger partial charge in [0.05, 0.1) is 0 Å². The predicted octanol–water partition coefficient (Wildman–Crippen LogP) is 2.72. The van der Waals surface area contributed by atoms with Crippen LogP contribution in [-0.2, 0) is 4.79 Å². The molecule has 0 aliphatic heterocycles. The Hall–Kier alpha value is -1.42. The summed E-state index contributed by atoms with van der Waals surface area (Å²) < 4.78 is 0. The van der Waals surface area contributed by atoms with Crippen molar-refractivity contribution in [2.24, 2.45) is 0 Å². The van der Waals surface area contributed by atoms with E-state index in [2.05, 4.69) is 36.7 Å².